The monoisotopic (exact) mass is 176 g/mol. The Balaban J connectivity index is 0.000000187. The molecule has 0 amide bonds. The van der Waals surface area contributed by atoms with Crippen LogP contribution in [0, 0.1) is 0 Å². The van der Waals surface area contributed by atoms with Gasteiger partial charge in [-0.3, -0.25) is 0 Å². The highest BCUT2D eigenvalue weighted by molar-refractivity contribution is 7.45. The summed E-state index contributed by atoms with van der Waals surface area (Å²) in [6, 6.07) is 12.0. The van der Waals surface area contributed by atoms with Crippen molar-refractivity contribution in [2.45, 2.75) is 0 Å². The molecule has 5 heteroatoms. The van der Waals surface area contributed by atoms with Crippen LogP contribution in [-0.4, -0.2) is 14.7 Å². The summed E-state index contributed by atoms with van der Waals surface area (Å²) in [4.78, 5) is 21.6. The van der Waals surface area contributed by atoms with Gasteiger partial charge in [-0.1, -0.05) is 36.4 Å². The topological polar surface area (TPSA) is 77.8 Å². The van der Waals surface area contributed by atoms with Crippen molar-refractivity contribution >= 4 is 7.82 Å². The Hall–Kier alpha value is -0.670. The molecule has 0 aromatic heterocycles. The Kier molecular flexibility index (Phi) is 4.74. The molecule has 0 radical (unpaired) electrons. The average molecular weight is 176 g/mol. The molecule has 1 rings (SSSR count). The summed E-state index contributed by atoms with van der Waals surface area (Å²) in [5, 5.41) is 0. The van der Waals surface area contributed by atoms with Gasteiger partial charge in [-0.2, -0.15) is 0 Å². The van der Waals surface area contributed by atoms with E-state index in [9.17, 15) is 0 Å². The zero-order valence-electron chi connectivity index (χ0n) is 5.66. The van der Waals surface area contributed by atoms with E-state index in [1.54, 1.807) is 0 Å². The van der Waals surface area contributed by atoms with Gasteiger partial charge < -0.3 is 14.7 Å². The number of rotatable bonds is 0. The molecular formula is C6H9O4P. The predicted molar refractivity (Wildman–Crippen MR) is 40.7 cm³/mol. The molecule has 11 heavy (non-hydrogen) atoms. The molecule has 4 nitrogen and oxygen atoms in total. The van der Waals surface area contributed by atoms with E-state index < -0.39 is 7.82 Å². The molecule has 0 unspecified atom stereocenters. The lowest BCUT2D eigenvalue weighted by Crippen LogP contribution is -1.66. The molecule has 0 aliphatic rings. The number of phosphoric acid groups is 1. The van der Waals surface area contributed by atoms with Gasteiger partial charge in [0.1, 0.15) is 0 Å². The molecule has 1 aromatic carbocycles. The van der Waals surface area contributed by atoms with E-state index in [1.807, 2.05) is 36.4 Å². The lowest BCUT2D eigenvalue weighted by atomic mass is 10.4. The van der Waals surface area contributed by atoms with Gasteiger partial charge in [-0.25, -0.2) is 4.57 Å². The molecule has 0 fully saturated rings. The second-order valence-electron chi connectivity index (χ2n) is 1.67. The first-order valence-corrected chi connectivity index (χ1v) is 4.35. The molecule has 0 bridgehead atoms. The minimum atomic E-state index is -4.64. The highest BCUT2D eigenvalue weighted by atomic mass is 31.2. The van der Waals surface area contributed by atoms with Crippen LogP contribution >= 0.6 is 7.82 Å². The molecule has 0 aliphatic carbocycles. The summed E-state index contributed by atoms with van der Waals surface area (Å²) in [6.07, 6.45) is 0. The van der Waals surface area contributed by atoms with Crippen LogP contribution in [0.25, 0.3) is 0 Å². The van der Waals surface area contributed by atoms with Crippen molar-refractivity contribution in [2.75, 3.05) is 0 Å². The zero-order valence-corrected chi connectivity index (χ0v) is 6.56. The van der Waals surface area contributed by atoms with Gasteiger partial charge in [0.05, 0.1) is 0 Å². The maximum absolute atomic E-state index is 8.88. The fourth-order valence-corrected chi connectivity index (χ4v) is 0.385. The van der Waals surface area contributed by atoms with Crippen LogP contribution in [-0.2, 0) is 4.57 Å². The lowest BCUT2D eigenvalue weighted by Gasteiger charge is -1.82. The number of hydrogen-bond donors (Lipinski definition) is 3. The molecule has 0 saturated heterocycles. The Morgan fingerprint density at radius 2 is 0.818 bits per heavy atom. The highest BCUT2D eigenvalue weighted by Gasteiger charge is 2.00. The van der Waals surface area contributed by atoms with Gasteiger partial charge in [-0.05, 0) is 0 Å². The Labute approximate surface area is 64.4 Å². The zero-order chi connectivity index (χ0) is 8.74. The maximum Gasteiger partial charge on any atom is 0.466 e. The molecule has 0 spiro atoms. The molecule has 0 atom stereocenters. The summed E-state index contributed by atoms with van der Waals surface area (Å²) in [5.41, 5.74) is 0. The summed E-state index contributed by atoms with van der Waals surface area (Å²) >= 11 is 0. The third-order valence-corrected chi connectivity index (χ3v) is 0.667. The van der Waals surface area contributed by atoms with Crippen molar-refractivity contribution in [3.8, 4) is 0 Å². The van der Waals surface area contributed by atoms with Crippen LogP contribution < -0.4 is 0 Å². The fraction of sp³-hybridized carbons (Fsp3) is 0. The first kappa shape index (κ1) is 10.3. The van der Waals surface area contributed by atoms with Gasteiger partial charge >= 0.3 is 7.82 Å². The number of hydrogen-bond acceptors (Lipinski definition) is 1. The van der Waals surface area contributed by atoms with E-state index in [0.717, 1.165) is 0 Å². The summed E-state index contributed by atoms with van der Waals surface area (Å²) in [7, 11) is -4.64. The first-order chi connectivity index (χ1) is 5.00. The van der Waals surface area contributed by atoms with Crippen molar-refractivity contribution in [3.63, 3.8) is 0 Å². The molecule has 62 valence electrons. The SMILES string of the molecule is O=P(O)(O)O.c1ccccc1. The molecule has 0 aliphatic heterocycles. The highest BCUT2D eigenvalue weighted by Crippen LogP contribution is 2.25. The van der Waals surface area contributed by atoms with E-state index in [-0.39, 0.29) is 0 Å². The largest absolute Gasteiger partial charge is 0.466 e. The van der Waals surface area contributed by atoms with Crippen LogP contribution in [0.15, 0.2) is 36.4 Å². The second-order valence-corrected chi connectivity index (χ2v) is 2.69. The molecule has 3 N–H and O–H groups in total. The Bertz CT molecular complexity index is 182. The quantitative estimate of drug-likeness (QED) is 0.510. The minimum Gasteiger partial charge on any atom is -0.303 e. The fourth-order valence-electron chi connectivity index (χ4n) is 0.385. The molecule has 0 heterocycles. The summed E-state index contributed by atoms with van der Waals surface area (Å²) in [5.74, 6) is 0. The normalized spacial score (nSPS) is 9.73. The van der Waals surface area contributed by atoms with Crippen molar-refractivity contribution in [2.24, 2.45) is 0 Å². The van der Waals surface area contributed by atoms with Crippen molar-refractivity contribution in [1.82, 2.24) is 0 Å². The third-order valence-electron chi connectivity index (χ3n) is 0.667. The van der Waals surface area contributed by atoms with E-state index >= 15 is 0 Å². The van der Waals surface area contributed by atoms with Crippen LogP contribution in [0.4, 0.5) is 0 Å². The summed E-state index contributed by atoms with van der Waals surface area (Å²) in [6.45, 7) is 0. The lowest BCUT2D eigenvalue weighted by molar-refractivity contribution is 0.275. The van der Waals surface area contributed by atoms with Gasteiger partial charge in [-0.15, -0.1) is 0 Å². The maximum atomic E-state index is 8.88. The van der Waals surface area contributed by atoms with Crippen LogP contribution in [0.2, 0.25) is 0 Å². The smallest absolute Gasteiger partial charge is 0.303 e. The van der Waals surface area contributed by atoms with Crippen LogP contribution in [0.3, 0.4) is 0 Å². The molecule has 0 saturated carbocycles. The predicted octanol–water partition coefficient (Wildman–Crippen LogP) is 0.758. The van der Waals surface area contributed by atoms with Crippen molar-refractivity contribution in [1.29, 1.82) is 0 Å². The molecule has 1 aromatic rings. The molecular weight excluding hydrogens is 167 g/mol. The minimum absolute atomic E-state index is 2.00. The van der Waals surface area contributed by atoms with Gasteiger partial charge in [0.25, 0.3) is 0 Å². The van der Waals surface area contributed by atoms with E-state index in [0.29, 0.717) is 0 Å². The van der Waals surface area contributed by atoms with E-state index in [1.165, 1.54) is 0 Å². The van der Waals surface area contributed by atoms with Crippen molar-refractivity contribution in [3.05, 3.63) is 36.4 Å². The Morgan fingerprint density at radius 3 is 0.909 bits per heavy atom. The van der Waals surface area contributed by atoms with Gasteiger partial charge in [0, 0.05) is 0 Å². The van der Waals surface area contributed by atoms with Crippen LogP contribution in [0.1, 0.15) is 0 Å². The van der Waals surface area contributed by atoms with E-state index in [2.05, 4.69) is 0 Å². The third kappa shape index (κ3) is 17.6. The van der Waals surface area contributed by atoms with Crippen molar-refractivity contribution < 1.29 is 19.2 Å². The first-order valence-electron chi connectivity index (χ1n) is 2.78. The van der Waals surface area contributed by atoms with Crippen LogP contribution in [0.5, 0.6) is 0 Å². The van der Waals surface area contributed by atoms with Gasteiger partial charge in [0.15, 0.2) is 0 Å². The second kappa shape index (κ2) is 5.04. The average Bonchev–Trinajstić information content (AvgIpc) is 1.88. The van der Waals surface area contributed by atoms with Gasteiger partial charge in [0.2, 0.25) is 0 Å². The Morgan fingerprint density at radius 1 is 0.727 bits per heavy atom. The standard InChI is InChI=1S/C6H6.H3O4P/c1-2-4-6-5-3-1;1-5(2,3)4/h1-6H;(H3,1,2,3,4). The van der Waals surface area contributed by atoms with E-state index in [4.69, 9.17) is 19.2 Å². The summed E-state index contributed by atoms with van der Waals surface area (Å²) < 4.78 is 8.88. The number of benzene rings is 1.